The number of carbonyl (C=O) groups is 3. The molecule has 3 heterocycles. The van der Waals surface area contributed by atoms with Gasteiger partial charge in [0, 0.05) is 21.7 Å². The number of ether oxygens (including phenoxy) is 3. The van der Waals surface area contributed by atoms with E-state index in [1.807, 2.05) is 18.2 Å². The standard InChI is InChI=1S/C30H29N3O7S2/c1-38-15-7-5-14(6-8-15)31-20(34)12-33-28(35)23-16-11-17(24(23)29(33)36)25-22(16)21(26-27(41-25)32-30(37)42-26)13-4-9-18(39-2)19(10-13)40-3/h4-10,16-17,21-25H,11-12H2,1-3H3,(H,31,34)(H,32,37). The third-order valence-corrected chi connectivity index (χ3v) is 11.8. The maximum Gasteiger partial charge on any atom is 0.305 e. The Labute approximate surface area is 249 Å². The van der Waals surface area contributed by atoms with Crippen molar-refractivity contribution in [3.8, 4) is 17.2 Å². The summed E-state index contributed by atoms with van der Waals surface area (Å²) in [5.74, 6) is -0.208. The molecule has 2 bridgehead atoms. The molecule has 2 saturated carbocycles. The smallest absolute Gasteiger partial charge is 0.305 e. The SMILES string of the molecule is COc1ccc(NC(=O)CN2C(=O)C3C4CC(C3C2=O)C2C(c3ccc(OC)c(OC)c3)c3sc(=O)[nH]c3SC42)cc1. The van der Waals surface area contributed by atoms with Crippen molar-refractivity contribution in [2.24, 2.45) is 29.6 Å². The largest absolute Gasteiger partial charge is 0.497 e. The molecule has 1 aromatic heterocycles. The van der Waals surface area contributed by atoms with Crippen LogP contribution in [0.15, 0.2) is 52.3 Å². The van der Waals surface area contributed by atoms with E-state index in [4.69, 9.17) is 14.2 Å². The Hall–Kier alpha value is -3.77. The van der Waals surface area contributed by atoms with Crippen LogP contribution >= 0.6 is 23.1 Å². The Morgan fingerprint density at radius 3 is 2.36 bits per heavy atom. The molecule has 2 N–H and O–H groups in total. The second kappa shape index (κ2) is 10.2. The summed E-state index contributed by atoms with van der Waals surface area (Å²) in [5.41, 5.74) is 1.54. The molecule has 3 aromatic rings. The molecule has 12 heteroatoms. The van der Waals surface area contributed by atoms with Crippen molar-refractivity contribution < 1.29 is 28.6 Å². The molecule has 10 nitrogen and oxygen atoms in total. The number of likely N-dealkylation sites (tertiary alicyclic amines) is 1. The molecule has 218 valence electrons. The third kappa shape index (κ3) is 4.06. The third-order valence-electron chi connectivity index (χ3n) is 9.26. The molecule has 3 fully saturated rings. The van der Waals surface area contributed by atoms with Gasteiger partial charge in [0.2, 0.25) is 17.7 Å². The van der Waals surface area contributed by atoms with E-state index in [1.165, 1.54) is 11.3 Å². The molecule has 0 radical (unpaired) electrons. The summed E-state index contributed by atoms with van der Waals surface area (Å²) in [6.45, 7) is -0.321. The number of nitrogens with zero attached hydrogens (tertiary/aromatic N) is 1. The van der Waals surface area contributed by atoms with E-state index < -0.39 is 17.7 Å². The number of benzene rings is 2. The molecular formula is C30H29N3O7S2. The Morgan fingerprint density at radius 2 is 1.67 bits per heavy atom. The van der Waals surface area contributed by atoms with Gasteiger partial charge in [-0.15, -0.1) is 11.8 Å². The molecular weight excluding hydrogens is 578 g/mol. The molecule has 1 saturated heterocycles. The molecule has 3 amide bonds. The van der Waals surface area contributed by atoms with Crippen LogP contribution in [0.4, 0.5) is 5.69 Å². The van der Waals surface area contributed by atoms with Crippen LogP contribution < -0.4 is 24.4 Å². The number of methoxy groups -OCH3 is 3. The number of anilines is 1. The van der Waals surface area contributed by atoms with Crippen molar-refractivity contribution in [3.63, 3.8) is 0 Å². The van der Waals surface area contributed by atoms with Crippen LogP contribution in [0.5, 0.6) is 17.2 Å². The van der Waals surface area contributed by atoms with E-state index in [0.29, 0.717) is 22.9 Å². The first-order valence-electron chi connectivity index (χ1n) is 13.7. The molecule has 0 spiro atoms. The van der Waals surface area contributed by atoms with Gasteiger partial charge in [-0.2, -0.15) is 0 Å². The van der Waals surface area contributed by atoms with Crippen LogP contribution in [0.25, 0.3) is 0 Å². The first kappa shape index (κ1) is 27.1. The maximum absolute atomic E-state index is 13.8. The van der Waals surface area contributed by atoms with Gasteiger partial charge in [0.25, 0.3) is 0 Å². The minimum absolute atomic E-state index is 0.0275. The van der Waals surface area contributed by atoms with Crippen LogP contribution in [0.1, 0.15) is 22.8 Å². The summed E-state index contributed by atoms with van der Waals surface area (Å²) in [7, 11) is 4.74. The lowest BCUT2D eigenvalue weighted by molar-refractivity contribution is -0.143. The fourth-order valence-corrected chi connectivity index (χ4v) is 10.6. The van der Waals surface area contributed by atoms with Gasteiger partial charge in [-0.3, -0.25) is 24.1 Å². The summed E-state index contributed by atoms with van der Waals surface area (Å²) >= 11 is 2.83. The van der Waals surface area contributed by atoms with Crippen LogP contribution in [-0.2, 0) is 14.4 Å². The number of H-pyrrole nitrogens is 1. The molecule has 2 aliphatic carbocycles. The summed E-state index contributed by atoms with van der Waals surface area (Å²) in [4.78, 5) is 57.9. The van der Waals surface area contributed by atoms with Crippen molar-refractivity contribution in [2.75, 3.05) is 33.2 Å². The summed E-state index contributed by atoms with van der Waals surface area (Å²) in [6, 6.07) is 12.7. The fourth-order valence-electron chi connectivity index (χ4n) is 7.67. The van der Waals surface area contributed by atoms with Crippen LogP contribution in [0.3, 0.4) is 0 Å². The van der Waals surface area contributed by atoms with Crippen molar-refractivity contribution in [1.29, 1.82) is 0 Å². The number of amides is 3. The summed E-state index contributed by atoms with van der Waals surface area (Å²) in [6.07, 6.45) is 0.768. The fraction of sp³-hybridized carbons (Fsp3) is 0.400. The molecule has 2 aliphatic heterocycles. The Balaban J connectivity index is 1.18. The van der Waals surface area contributed by atoms with Crippen molar-refractivity contribution in [2.45, 2.75) is 22.6 Å². The molecule has 4 aliphatic rings. The van der Waals surface area contributed by atoms with Gasteiger partial charge in [0.05, 0.1) is 38.2 Å². The average Bonchev–Trinajstić information content (AvgIpc) is 3.73. The number of carbonyl (C=O) groups excluding carboxylic acids is 3. The van der Waals surface area contributed by atoms with Gasteiger partial charge in [-0.05, 0) is 66.1 Å². The first-order chi connectivity index (χ1) is 20.3. The summed E-state index contributed by atoms with van der Waals surface area (Å²) in [5, 5.41) is 3.67. The van der Waals surface area contributed by atoms with E-state index in [2.05, 4.69) is 10.3 Å². The maximum atomic E-state index is 13.8. The minimum atomic E-state index is -0.474. The number of fused-ring (bicyclic) bond motifs is 9. The van der Waals surface area contributed by atoms with Crippen molar-refractivity contribution in [1.82, 2.24) is 9.88 Å². The second-order valence-corrected chi connectivity index (χ2v) is 13.3. The molecule has 7 unspecified atom stereocenters. The highest BCUT2D eigenvalue weighted by Crippen LogP contribution is 2.68. The van der Waals surface area contributed by atoms with Crippen molar-refractivity contribution >= 4 is 46.5 Å². The Morgan fingerprint density at radius 1 is 0.952 bits per heavy atom. The number of nitrogens with one attached hydrogen (secondary N) is 2. The van der Waals surface area contributed by atoms with Gasteiger partial charge >= 0.3 is 4.87 Å². The van der Waals surface area contributed by atoms with Gasteiger partial charge in [0.1, 0.15) is 12.3 Å². The average molecular weight is 608 g/mol. The highest BCUT2D eigenvalue weighted by atomic mass is 32.2. The Kier molecular flexibility index (Phi) is 6.58. The number of hydrogen-bond donors (Lipinski definition) is 2. The Bertz CT molecular complexity index is 1650. The number of hydrogen-bond acceptors (Lipinski definition) is 9. The lowest BCUT2D eigenvalue weighted by Crippen LogP contribution is -2.42. The number of imide groups is 1. The van der Waals surface area contributed by atoms with E-state index >= 15 is 0 Å². The molecule has 7 atom stereocenters. The zero-order valence-corrected chi connectivity index (χ0v) is 24.8. The number of aromatic nitrogens is 1. The number of thiazole rings is 1. The minimum Gasteiger partial charge on any atom is -0.497 e. The lowest BCUT2D eigenvalue weighted by atomic mass is 9.68. The lowest BCUT2D eigenvalue weighted by Gasteiger charge is -2.43. The van der Waals surface area contributed by atoms with Crippen molar-refractivity contribution in [3.05, 3.63) is 62.6 Å². The van der Waals surface area contributed by atoms with Crippen LogP contribution in [0, 0.1) is 29.6 Å². The zero-order chi connectivity index (χ0) is 29.3. The van der Waals surface area contributed by atoms with Crippen LogP contribution in [0.2, 0.25) is 0 Å². The normalized spacial score (nSPS) is 28.7. The highest BCUT2D eigenvalue weighted by molar-refractivity contribution is 8.00. The van der Waals surface area contributed by atoms with Gasteiger partial charge in [0.15, 0.2) is 11.5 Å². The van der Waals surface area contributed by atoms with Gasteiger partial charge < -0.3 is 24.5 Å². The van der Waals surface area contributed by atoms with Gasteiger partial charge in [-0.25, -0.2) is 0 Å². The predicted molar refractivity (Wildman–Crippen MR) is 156 cm³/mol. The van der Waals surface area contributed by atoms with E-state index in [1.54, 1.807) is 57.4 Å². The number of thioether (sulfide) groups is 1. The van der Waals surface area contributed by atoms with Crippen LogP contribution in [-0.4, -0.2) is 60.7 Å². The first-order valence-corrected chi connectivity index (χ1v) is 15.4. The zero-order valence-electron chi connectivity index (χ0n) is 23.1. The predicted octanol–water partition coefficient (Wildman–Crippen LogP) is 3.57. The highest BCUT2D eigenvalue weighted by Gasteiger charge is 2.69. The molecule has 2 aromatic carbocycles. The summed E-state index contributed by atoms with van der Waals surface area (Å²) < 4.78 is 16.2. The van der Waals surface area contributed by atoms with E-state index in [-0.39, 0.29) is 52.2 Å². The molecule has 7 rings (SSSR count). The van der Waals surface area contributed by atoms with Gasteiger partial charge in [-0.1, -0.05) is 17.4 Å². The number of aromatic amines is 1. The second-order valence-electron chi connectivity index (χ2n) is 11.1. The van der Waals surface area contributed by atoms with E-state index in [0.717, 1.165) is 26.8 Å². The number of rotatable bonds is 7. The topological polar surface area (TPSA) is 127 Å². The molecule has 42 heavy (non-hydrogen) atoms. The quantitative estimate of drug-likeness (QED) is 0.391. The monoisotopic (exact) mass is 607 g/mol. The van der Waals surface area contributed by atoms with E-state index in [9.17, 15) is 19.2 Å².